The minimum absolute atomic E-state index is 0.177. The summed E-state index contributed by atoms with van der Waals surface area (Å²) >= 11 is 5.63. The van der Waals surface area contributed by atoms with Crippen LogP contribution in [0.15, 0.2) is 66.7 Å². The number of anilines is 1. The number of rotatable bonds is 9. The van der Waals surface area contributed by atoms with Crippen LogP contribution >= 0.6 is 11.6 Å². The van der Waals surface area contributed by atoms with Gasteiger partial charge in [-0.2, -0.15) is 13.2 Å². The van der Waals surface area contributed by atoms with Crippen LogP contribution in [0.3, 0.4) is 0 Å². The van der Waals surface area contributed by atoms with Crippen molar-refractivity contribution in [2.24, 2.45) is 0 Å². The van der Waals surface area contributed by atoms with E-state index < -0.39 is 47.2 Å². The monoisotopic (exact) mass is 550 g/mol. The van der Waals surface area contributed by atoms with Crippen LogP contribution in [0.1, 0.15) is 27.6 Å². The highest BCUT2D eigenvalue weighted by molar-refractivity contribution is 6.31. The van der Waals surface area contributed by atoms with E-state index in [0.717, 1.165) is 6.07 Å². The highest BCUT2D eigenvalue weighted by atomic mass is 35.5. The average Bonchev–Trinajstić information content (AvgIpc) is 2.90. The first kappa shape index (κ1) is 28.3. The molecule has 0 fully saturated rings. The molecule has 0 aliphatic rings. The first-order valence-electron chi connectivity index (χ1n) is 11.0. The van der Waals surface area contributed by atoms with Crippen LogP contribution < -0.4 is 20.1 Å². The fourth-order valence-corrected chi connectivity index (χ4v) is 3.56. The molecule has 0 aromatic heterocycles. The SMILES string of the molecule is COc1ccc(C(=O)NCC(=O)OC(C(=O)Nc2ccc(Cl)c(C(F)(F)F)c2)c2ccccc2)cc1OC. The number of hydrogen-bond donors (Lipinski definition) is 2. The lowest BCUT2D eigenvalue weighted by atomic mass is 10.1. The molecule has 2 N–H and O–H groups in total. The predicted octanol–water partition coefficient (Wildman–Crippen LogP) is 5.03. The summed E-state index contributed by atoms with van der Waals surface area (Å²) < 4.78 is 55.2. The third-order valence-corrected chi connectivity index (χ3v) is 5.50. The quantitative estimate of drug-likeness (QED) is 0.362. The van der Waals surface area contributed by atoms with Gasteiger partial charge in [0.25, 0.3) is 11.8 Å². The van der Waals surface area contributed by atoms with Crippen molar-refractivity contribution in [3.8, 4) is 11.5 Å². The van der Waals surface area contributed by atoms with Crippen molar-refractivity contribution >= 4 is 35.1 Å². The van der Waals surface area contributed by atoms with E-state index >= 15 is 0 Å². The lowest BCUT2D eigenvalue weighted by molar-refractivity contribution is -0.153. The number of hydrogen-bond acceptors (Lipinski definition) is 6. The molecule has 200 valence electrons. The summed E-state index contributed by atoms with van der Waals surface area (Å²) in [6.07, 6.45) is -6.26. The van der Waals surface area contributed by atoms with Gasteiger partial charge in [-0.1, -0.05) is 41.9 Å². The number of amides is 2. The van der Waals surface area contributed by atoms with E-state index in [1.807, 2.05) is 0 Å². The second kappa shape index (κ2) is 12.3. The van der Waals surface area contributed by atoms with Crippen molar-refractivity contribution in [3.05, 3.63) is 88.4 Å². The molecule has 1 unspecified atom stereocenters. The Morgan fingerprint density at radius 2 is 1.61 bits per heavy atom. The van der Waals surface area contributed by atoms with Gasteiger partial charge in [-0.05, 0) is 36.4 Å². The van der Waals surface area contributed by atoms with Crippen LogP contribution in [0.2, 0.25) is 5.02 Å². The maximum absolute atomic E-state index is 13.2. The Morgan fingerprint density at radius 1 is 0.921 bits per heavy atom. The molecule has 12 heteroatoms. The number of benzene rings is 3. The van der Waals surface area contributed by atoms with E-state index in [2.05, 4.69) is 10.6 Å². The lowest BCUT2D eigenvalue weighted by Crippen LogP contribution is -2.33. The minimum atomic E-state index is -4.74. The van der Waals surface area contributed by atoms with Crippen molar-refractivity contribution in [1.29, 1.82) is 0 Å². The molecule has 1 atom stereocenters. The number of methoxy groups -OCH3 is 2. The summed E-state index contributed by atoms with van der Waals surface area (Å²) in [5, 5.41) is 4.16. The largest absolute Gasteiger partial charge is 0.493 e. The van der Waals surface area contributed by atoms with Crippen LogP contribution in [-0.2, 0) is 20.5 Å². The number of ether oxygens (including phenoxy) is 3. The normalized spacial score (nSPS) is 11.7. The number of carbonyl (C=O) groups excluding carboxylic acids is 3. The zero-order valence-electron chi connectivity index (χ0n) is 20.1. The van der Waals surface area contributed by atoms with Crippen molar-refractivity contribution in [3.63, 3.8) is 0 Å². The van der Waals surface area contributed by atoms with Gasteiger partial charge in [0.15, 0.2) is 11.5 Å². The molecule has 0 saturated carbocycles. The number of nitrogens with one attached hydrogen (secondary N) is 2. The molecule has 0 aliphatic heterocycles. The number of carbonyl (C=O) groups is 3. The Morgan fingerprint density at radius 3 is 2.24 bits per heavy atom. The van der Waals surface area contributed by atoms with Gasteiger partial charge in [0.1, 0.15) is 6.54 Å². The second-order valence-corrected chi connectivity index (χ2v) is 8.12. The topological polar surface area (TPSA) is 103 Å². The summed E-state index contributed by atoms with van der Waals surface area (Å²) in [5.41, 5.74) is -0.904. The van der Waals surface area contributed by atoms with Crippen LogP contribution in [0.5, 0.6) is 11.5 Å². The fraction of sp³-hybridized carbons (Fsp3) is 0.192. The molecule has 0 aliphatic carbocycles. The zero-order chi connectivity index (χ0) is 27.9. The van der Waals surface area contributed by atoms with Gasteiger partial charge in [0, 0.05) is 16.8 Å². The summed E-state index contributed by atoms with van der Waals surface area (Å²) in [7, 11) is 2.84. The molecular weight excluding hydrogens is 529 g/mol. The van der Waals surface area contributed by atoms with E-state index in [-0.39, 0.29) is 16.8 Å². The first-order valence-corrected chi connectivity index (χ1v) is 11.3. The molecule has 0 heterocycles. The predicted molar refractivity (Wildman–Crippen MR) is 132 cm³/mol. The highest BCUT2D eigenvalue weighted by Crippen LogP contribution is 2.36. The van der Waals surface area contributed by atoms with Crippen LogP contribution in [0, 0.1) is 0 Å². The Bertz CT molecular complexity index is 1320. The zero-order valence-corrected chi connectivity index (χ0v) is 20.9. The van der Waals surface area contributed by atoms with E-state index in [1.54, 1.807) is 18.2 Å². The fourth-order valence-electron chi connectivity index (χ4n) is 3.33. The highest BCUT2D eigenvalue weighted by Gasteiger charge is 2.34. The van der Waals surface area contributed by atoms with Gasteiger partial charge >= 0.3 is 12.1 Å². The second-order valence-electron chi connectivity index (χ2n) is 7.71. The van der Waals surface area contributed by atoms with Gasteiger partial charge in [-0.25, -0.2) is 0 Å². The van der Waals surface area contributed by atoms with Crippen LogP contribution in [-0.4, -0.2) is 38.5 Å². The van der Waals surface area contributed by atoms with Gasteiger partial charge in [0.2, 0.25) is 6.10 Å². The minimum Gasteiger partial charge on any atom is -0.493 e. The summed E-state index contributed by atoms with van der Waals surface area (Å²) in [6, 6.07) is 15.1. The maximum atomic E-state index is 13.2. The molecule has 0 bridgehead atoms. The molecule has 0 radical (unpaired) electrons. The third kappa shape index (κ3) is 7.16. The van der Waals surface area contributed by atoms with E-state index in [0.29, 0.717) is 17.6 Å². The van der Waals surface area contributed by atoms with Crippen LogP contribution in [0.25, 0.3) is 0 Å². The Balaban J connectivity index is 1.72. The maximum Gasteiger partial charge on any atom is 0.417 e. The number of alkyl halides is 3. The molecule has 3 aromatic rings. The van der Waals surface area contributed by atoms with Crippen molar-refractivity contribution in [2.45, 2.75) is 12.3 Å². The molecule has 3 rings (SSSR count). The van der Waals surface area contributed by atoms with Gasteiger partial charge < -0.3 is 24.8 Å². The van der Waals surface area contributed by atoms with Crippen molar-refractivity contribution in [2.75, 3.05) is 26.1 Å². The van der Waals surface area contributed by atoms with E-state index in [1.165, 1.54) is 50.6 Å². The number of halogens is 4. The van der Waals surface area contributed by atoms with Gasteiger partial charge in [0.05, 0.1) is 24.8 Å². The lowest BCUT2D eigenvalue weighted by Gasteiger charge is -2.19. The summed E-state index contributed by atoms with van der Waals surface area (Å²) in [6.45, 7) is -0.594. The average molecular weight is 551 g/mol. The van der Waals surface area contributed by atoms with Crippen molar-refractivity contribution < 1.29 is 41.8 Å². The number of esters is 1. The molecule has 38 heavy (non-hydrogen) atoms. The molecule has 0 saturated heterocycles. The third-order valence-electron chi connectivity index (χ3n) is 5.17. The molecule has 3 aromatic carbocycles. The molecule has 8 nitrogen and oxygen atoms in total. The molecule has 0 spiro atoms. The van der Waals surface area contributed by atoms with Gasteiger partial charge in [-0.15, -0.1) is 0 Å². The summed E-state index contributed by atoms with van der Waals surface area (Å²) in [5.74, 6) is -1.78. The Labute approximate surface area is 220 Å². The van der Waals surface area contributed by atoms with E-state index in [4.69, 9.17) is 25.8 Å². The standard InChI is InChI=1S/C26H22ClF3N2O6/c1-36-20-11-8-16(12-21(20)37-2)24(34)31-14-22(33)38-23(15-6-4-3-5-7-15)25(35)32-17-9-10-19(27)18(13-17)26(28,29)30/h3-13,23H,14H2,1-2H3,(H,31,34)(H,32,35). The van der Waals surface area contributed by atoms with E-state index in [9.17, 15) is 27.6 Å². The van der Waals surface area contributed by atoms with Gasteiger partial charge in [-0.3, -0.25) is 14.4 Å². The molecular formula is C26H22ClF3N2O6. The first-order chi connectivity index (χ1) is 18.0. The summed E-state index contributed by atoms with van der Waals surface area (Å²) in [4.78, 5) is 38.0. The molecule has 2 amide bonds. The Kier molecular flexibility index (Phi) is 9.19. The van der Waals surface area contributed by atoms with Crippen molar-refractivity contribution in [1.82, 2.24) is 5.32 Å². The van der Waals surface area contributed by atoms with Crippen LogP contribution in [0.4, 0.5) is 18.9 Å². The smallest absolute Gasteiger partial charge is 0.417 e. The Hall–Kier alpha value is -4.25.